The summed E-state index contributed by atoms with van der Waals surface area (Å²) in [6.07, 6.45) is 5.10. The van der Waals surface area contributed by atoms with Crippen molar-refractivity contribution in [2.24, 2.45) is 5.92 Å². The van der Waals surface area contributed by atoms with E-state index >= 15 is 0 Å². The number of halogens is 1. The summed E-state index contributed by atoms with van der Waals surface area (Å²) in [5.41, 5.74) is -0.141. The molecule has 1 aliphatic carbocycles. The number of ether oxygens (including phenoxy) is 2. The number of rotatable bonds is 5. The summed E-state index contributed by atoms with van der Waals surface area (Å²) in [5, 5.41) is 0. The largest absolute Gasteiger partial charge is 0.381 e. The van der Waals surface area contributed by atoms with Gasteiger partial charge in [-0.3, -0.25) is 9.59 Å². The molecular formula is C23H29FN2O4. The molecule has 4 fully saturated rings. The predicted molar refractivity (Wildman–Crippen MR) is 107 cm³/mol. The molecule has 1 aromatic rings. The van der Waals surface area contributed by atoms with Crippen LogP contribution >= 0.6 is 0 Å². The molecule has 30 heavy (non-hydrogen) atoms. The Balaban J connectivity index is 1.25. The van der Waals surface area contributed by atoms with E-state index in [2.05, 4.69) is 4.90 Å². The number of hydrogen-bond donors (Lipinski definition) is 0. The van der Waals surface area contributed by atoms with Crippen LogP contribution in [-0.2, 0) is 14.3 Å². The Morgan fingerprint density at radius 1 is 1.13 bits per heavy atom. The maximum absolute atomic E-state index is 14.0. The van der Waals surface area contributed by atoms with Gasteiger partial charge >= 0.3 is 0 Å². The molecule has 1 aromatic carbocycles. The number of hydrogen-bond acceptors (Lipinski definition) is 4. The molecule has 5 rings (SSSR count). The average molecular weight is 416 g/mol. The summed E-state index contributed by atoms with van der Waals surface area (Å²) in [4.78, 5) is 29.6. The van der Waals surface area contributed by atoms with Crippen molar-refractivity contribution in [1.29, 1.82) is 0 Å². The van der Waals surface area contributed by atoms with Gasteiger partial charge in [0.2, 0.25) is 0 Å². The molecule has 1 saturated carbocycles. The van der Waals surface area contributed by atoms with Crippen molar-refractivity contribution in [1.82, 2.24) is 9.80 Å². The standard InChI is InChI=1S/C23H29FN2O4/c24-19-4-2-1-3-18(19)21(27)25-11-7-17(8-12-25)26-22(28)20(30-15-16-5-6-16)23(26)9-13-29-14-10-23/h1-4,16-17,20H,5-15H2. The molecule has 3 heterocycles. The molecule has 1 atom stereocenters. The number of likely N-dealkylation sites (tertiary alicyclic amines) is 2. The second-order valence-corrected chi connectivity index (χ2v) is 9.08. The molecule has 1 unspecified atom stereocenters. The van der Waals surface area contributed by atoms with Crippen LogP contribution in [0.3, 0.4) is 0 Å². The highest BCUT2D eigenvalue weighted by molar-refractivity contribution is 5.94. The van der Waals surface area contributed by atoms with Crippen LogP contribution in [0, 0.1) is 11.7 Å². The Kier molecular flexibility index (Phi) is 5.27. The quantitative estimate of drug-likeness (QED) is 0.693. The van der Waals surface area contributed by atoms with Crippen molar-refractivity contribution in [2.75, 3.05) is 32.9 Å². The number of piperidine rings is 1. The third-order valence-electron chi connectivity index (χ3n) is 7.20. The van der Waals surface area contributed by atoms with Gasteiger partial charge in [0.15, 0.2) is 6.10 Å². The van der Waals surface area contributed by atoms with Crippen LogP contribution in [0.4, 0.5) is 4.39 Å². The van der Waals surface area contributed by atoms with Gasteiger partial charge in [0.1, 0.15) is 5.82 Å². The maximum Gasteiger partial charge on any atom is 0.256 e. The molecule has 0 radical (unpaired) electrons. The summed E-state index contributed by atoms with van der Waals surface area (Å²) < 4.78 is 25.7. The maximum atomic E-state index is 14.0. The molecule has 0 aromatic heterocycles. The summed E-state index contributed by atoms with van der Waals surface area (Å²) in [6.45, 7) is 3.04. The summed E-state index contributed by atoms with van der Waals surface area (Å²) in [7, 11) is 0. The van der Waals surface area contributed by atoms with Crippen LogP contribution < -0.4 is 0 Å². The smallest absolute Gasteiger partial charge is 0.256 e. The first kappa shape index (κ1) is 19.9. The highest BCUT2D eigenvalue weighted by atomic mass is 19.1. The van der Waals surface area contributed by atoms with E-state index < -0.39 is 5.82 Å². The van der Waals surface area contributed by atoms with Crippen molar-refractivity contribution >= 4 is 11.8 Å². The number of β-lactam (4-membered cyclic amide) rings is 1. The first-order valence-corrected chi connectivity index (χ1v) is 11.2. The third kappa shape index (κ3) is 3.42. The number of carbonyl (C=O) groups is 2. The molecule has 0 bridgehead atoms. The van der Waals surface area contributed by atoms with E-state index in [1.54, 1.807) is 17.0 Å². The zero-order valence-corrected chi connectivity index (χ0v) is 17.2. The Bertz CT molecular complexity index is 813. The van der Waals surface area contributed by atoms with Crippen molar-refractivity contribution in [3.63, 3.8) is 0 Å². The lowest BCUT2D eigenvalue weighted by Crippen LogP contribution is -2.79. The number of carbonyl (C=O) groups excluding carboxylic acids is 2. The summed E-state index contributed by atoms with van der Waals surface area (Å²) in [6, 6.07) is 6.21. The zero-order valence-electron chi connectivity index (χ0n) is 17.2. The summed E-state index contributed by atoms with van der Waals surface area (Å²) in [5.74, 6) is -0.0416. The SMILES string of the molecule is O=C(c1ccccc1F)N1CCC(N2C(=O)C(OCC3CC3)C23CCOCC3)CC1. The van der Waals surface area contributed by atoms with E-state index in [-0.39, 0.29) is 35.1 Å². The molecule has 3 saturated heterocycles. The average Bonchev–Trinajstić information content (AvgIpc) is 3.59. The van der Waals surface area contributed by atoms with Crippen molar-refractivity contribution in [2.45, 2.75) is 56.2 Å². The van der Waals surface area contributed by atoms with Gasteiger partial charge in [0.25, 0.3) is 11.8 Å². The molecule has 1 spiro atoms. The second kappa shape index (κ2) is 7.93. The van der Waals surface area contributed by atoms with E-state index in [1.165, 1.54) is 25.0 Å². The fourth-order valence-electron chi connectivity index (χ4n) is 5.28. The van der Waals surface area contributed by atoms with Gasteiger partial charge in [-0.05, 0) is 56.6 Å². The third-order valence-corrected chi connectivity index (χ3v) is 7.20. The lowest BCUT2D eigenvalue weighted by Gasteiger charge is -2.62. The molecule has 0 N–H and O–H groups in total. The van der Waals surface area contributed by atoms with Crippen LogP contribution in [0.5, 0.6) is 0 Å². The van der Waals surface area contributed by atoms with Crippen LogP contribution in [0.2, 0.25) is 0 Å². The number of nitrogens with zero attached hydrogens (tertiary/aromatic N) is 2. The minimum atomic E-state index is -0.487. The van der Waals surface area contributed by atoms with Crippen molar-refractivity contribution in [3.05, 3.63) is 35.6 Å². The molecule has 3 aliphatic heterocycles. The Morgan fingerprint density at radius 2 is 1.83 bits per heavy atom. The lowest BCUT2D eigenvalue weighted by atomic mass is 9.72. The molecule has 162 valence electrons. The van der Waals surface area contributed by atoms with Gasteiger partial charge in [-0.15, -0.1) is 0 Å². The molecule has 4 aliphatic rings. The second-order valence-electron chi connectivity index (χ2n) is 9.08. The van der Waals surface area contributed by atoms with Crippen LogP contribution in [0.25, 0.3) is 0 Å². The topological polar surface area (TPSA) is 59.1 Å². The van der Waals surface area contributed by atoms with Gasteiger partial charge in [-0.1, -0.05) is 12.1 Å². The van der Waals surface area contributed by atoms with E-state index in [0.717, 1.165) is 12.8 Å². The summed E-state index contributed by atoms with van der Waals surface area (Å²) >= 11 is 0. The fourth-order valence-corrected chi connectivity index (χ4v) is 5.28. The number of amides is 2. The van der Waals surface area contributed by atoms with Gasteiger partial charge in [0, 0.05) is 32.3 Å². The van der Waals surface area contributed by atoms with E-state index in [4.69, 9.17) is 9.47 Å². The first-order valence-electron chi connectivity index (χ1n) is 11.2. The molecular weight excluding hydrogens is 387 g/mol. The van der Waals surface area contributed by atoms with Crippen LogP contribution in [0.1, 0.15) is 48.9 Å². The molecule has 6 nitrogen and oxygen atoms in total. The van der Waals surface area contributed by atoms with Gasteiger partial charge in [-0.2, -0.15) is 0 Å². The van der Waals surface area contributed by atoms with Gasteiger partial charge < -0.3 is 19.3 Å². The van der Waals surface area contributed by atoms with E-state index in [0.29, 0.717) is 51.7 Å². The van der Waals surface area contributed by atoms with Crippen LogP contribution in [0.15, 0.2) is 24.3 Å². The Morgan fingerprint density at radius 3 is 2.50 bits per heavy atom. The monoisotopic (exact) mass is 416 g/mol. The van der Waals surface area contributed by atoms with Crippen molar-refractivity contribution < 1.29 is 23.5 Å². The van der Waals surface area contributed by atoms with Crippen molar-refractivity contribution in [3.8, 4) is 0 Å². The highest BCUT2D eigenvalue weighted by Crippen LogP contribution is 2.46. The minimum Gasteiger partial charge on any atom is -0.381 e. The van der Waals surface area contributed by atoms with Gasteiger partial charge in [0.05, 0.1) is 17.7 Å². The normalized spacial score (nSPS) is 26.7. The zero-order chi connectivity index (χ0) is 20.7. The van der Waals surface area contributed by atoms with E-state index in [9.17, 15) is 14.0 Å². The number of benzene rings is 1. The highest BCUT2D eigenvalue weighted by Gasteiger charge is 2.63. The Hall–Kier alpha value is -1.99. The Labute approximate surface area is 176 Å². The van der Waals surface area contributed by atoms with E-state index in [1.807, 2.05) is 0 Å². The first-order chi connectivity index (χ1) is 14.6. The van der Waals surface area contributed by atoms with Crippen LogP contribution in [-0.4, -0.2) is 72.2 Å². The minimum absolute atomic E-state index is 0.0939. The fraction of sp³-hybridized carbons (Fsp3) is 0.652. The molecule has 7 heteroatoms. The molecule has 2 amide bonds. The lowest BCUT2D eigenvalue weighted by molar-refractivity contribution is -0.219. The van der Waals surface area contributed by atoms with Gasteiger partial charge in [-0.25, -0.2) is 4.39 Å². The predicted octanol–water partition coefficient (Wildman–Crippen LogP) is 2.62.